The zero-order valence-corrected chi connectivity index (χ0v) is 11.3. The summed E-state index contributed by atoms with van der Waals surface area (Å²) in [5.74, 6) is 0. The van der Waals surface area contributed by atoms with E-state index < -0.39 is 10.2 Å². The van der Waals surface area contributed by atoms with Gasteiger partial charge in [0.2, 0.25) is 0 Å². The lowest BCUT2D eigenvalue weighted by Gasteiger charge is -2.38. The van der Waals surface area contributed by atoms with Gasteiger partial charge in [-0.3, -0.25) is 0 Å². The fourth-order valence-electron chi connectivity index (χ4n) is 2.82. The molecule has 0 saturated heterocycles. The molecule has 2 saturated carbocycles. The zero-order chi connectivity index (χ0) is 12.5. The van der Waals surface area contributed by atoms with Crippen LogP contribution in [-0.2, 0) is 10.2 Å². The summed E-state index contributed by atoms with van der Waals surface area (Å²) >= 11 is 0. The van der Waals surface area contributed by atoms with Crippen molar-refractivity contribution in [1.29, 1.82) is 0 Å². The molecule has 0 unspecified atom stereocenters. The van der Waals surface area contributed by atoms with Gasteiger partial charge < -0.3 is 5.73 Å². The molecule has 0 amide bonds. The highest BCUT2D eigenvalue weighted by atomic mass is 32.2. The molecule has 100 valence electrons. The normalized spacial score (nSPS) is 24.4. The molecule has 0 spiro atoms. The van der Waals surface area contributed by atoms with E-state index in [-0.39, 0.29) is 11.6 Å². The van der Waals surface area contributed by atoms with Crippen LogP contribution in [0, 0.1) is 0 Å². The quantitative estimate of drug-likeness (QED) is 0.734. The Balaban J connectivity index is 2.18. The van der Waals surface area contributed by atoms with Gasteiger partial charge >= 0.3 is 0 Å². The second kappa shape index (κ2) is 4.84. The molecule has 0 aromatic rings. The van der Waals surface area contributed by atoms with Crippen molar-refractivity contribution in [3.05, 3.63) is 0 Å². The Morgan fingerprint density at radius 2 is 1.94 bits per heavy atom. The molecule has 0 bridgehead atoms. The van der Waals surface area contributed by atoms with E-state index in [1.807, 2.05) is 6.92 Å². The Bertz CT molecular complexity index is 359. The van der Waals surface area contributed by atoms with Crippen LogP contribution in [0.3, 0.4) is 0 Å². The lowest BCUT2D eigenvalue weighted by molar-refractivity contribution is 0.202. The largest absolute Gasteiger partial charge is 0.329 e. The summed E-state index contributed by atoms with van der Waals surface area (Å²) in [6.07, 6.45) is 5.87. The Morgan fingerprint density at radius 3 is 2.35 bits per heavy atom. The third kappa shape index (κ3) is 2.65. The average Bonchev–Trinajstić information content (AvgIpc) is 2.95. The third-order valence-corrected chi connectivity index (χ3v) is 5.77. The fourth-order valence-corrected chi connectivity index (χ4v) is 4.72. The Hall–Kier alpha value is -0.170. The highest BCUT2D eigenvalue weighted by molar-refractivity contribution is 7.87. The fraction of sp³-hybridized carbons (Fsp3) is 1.00. The molecular weight excluding hydrogens is 238 g/mol. The number of likely N-dealkylation sites (N-methyl/N-ethyl adjacent to an activating group) is 1. The average molecular weight is 261 g/mol. The minimum atomic E-state index is -3.36. The number of nitrogens with one attached hydrogen (secondary N) is 1. The van der Waals surface area contributed by atoms with Crippen LogP contribution >= 0.6 is 0 Å². The van der Waals surface area contributed by atoms with Crippen molar-refractivity contribution >= 4 is 10.2 Å². The molecule has 0 radical (unpaired) electrons. The van der Waals surface area contributed by atoms with Crippen LogP contribution in [0.2, 0.25) is 0 Å². The van der Waals surface area contributed by atoms with Gasteiger partial charge in [-0.25, -0.2) is 0 Å². The highest BCUT2D eigenvalue weighted by Gasteiger charge is 2.44. The van der Waals surface area contributed by atoms with Crippen LogP contribution in [0.1, 0.15) is 45.4 Å². The summed E-state index contributed by atoms with van der Waals surface area (Å²) < 4.78 is 29.0. The van der Waals surface area contributed by atoms with Gasteiger partial charge in [0.15, 0.2) is 0 Å². The summed E-state index contributed by atoms with van der Waals surface area (Å²) in [7, 11) is -3.36. The predicted molar refractivity (Wildman–Crippen MR) is 67.7 cm³/mol. The van der Waals surface area contributed by atoms with Gasteiger partial charge in [-0.1, -0.05) is 19.8 Å². The Labute approximate surface area is 104 Å². The molecule has 6 heteroatoms. The van der Waals surface area contributed by atoms with Crippen molar-refractivity contribution in [1.82, 2.24) is 9.03 Å². The van der Waals surface area contributed by atoms with E-state index in [1.54, 1.807) is 4.31 Å². The van der Waals surface area contributed by atoms with Gasteiger partial charge in [-0.05, 0) is 25.7 Å². The second-order valence-corrected chi connectivity index (χ2v) is 6.82. The summed E-state index contributed by atoms with van der Waals surface area (Å²) in [4.78, 5) is 0. The first kappa shape index (κ1) is 13.3. The standard InChI is InChI=1S/C11H23N3O2S/c1-2-14(11(9-12)7-3-4-8-11)17(15,16)13-10-5-6-10/h10,13H,2-9,12H2,1H3. The molecule has 2 aliphatic rings. The minimum absolute atomic E-state index is 0.158. The van der Waals surface area contributed by atoms with Crippen molar-refractivity contribution in [2.45, 2.75) is 57.0 Å². The first-order valence-corrected chi connectivity index (χ1v) is 7.98. The van der Waals surface area contributed by atoms with E-state index in [0.717, 1.165) is 38.5 Å². The molecule has 2 fully saturated rings. The summed E-state index contributed by atoms with van der Waals surface area (Å²) in [6.45, 7) is 2.81. The molecule has 0 aliphatic heterocycles. The molecule has 2 rings (SSSR count). The molecule has 0 aromatic heterocycles. The number of hydrogen-bond donors (Lipinski definition) is 2. The minimum Gasteiger partial charge on any atom is -0.329 e. The van der Waals surface area contributed by atoms with Crippen LogP contribution < -0.4 is 10.5 Å². The Morgan fingerprint density at radius 1 is 1.35 bits per heavy atom. The van der Waals surface area contributed by atoms with E-state index in [0.29, 0.717) is 13.1 Å². The zero-order valence-electron chi connectivity index (χ0n) is 10.5. The molecule has 0 atom stereocenters. The molecule has 0 heterocycles. The molecule has 2 aliphatic carbocycles. The molecule has 5 nitrogen and oxygen atoms in total. The first-order valence-electron chi connectivity index (χ1n) is 6.54. The van der Waals surface area contributed by atoms with Crippen molar-refractivity contribution in [2.24, 2.45) is 5.73 Å². The topological polar surface area (TPSA) is 75.4 Å². The van der Waals surface area contributed by atoms with Crippen LogP contribution in [0.15, 0.2) is 0 Å². The SMILES string of the molecule is CCN(C1(CN)CCCC1)S(=O)(=O)NC1CC1. The summed E-state index contributed by atoms with van der Waals surface area (Å²) in [5, 5.41) is 0. The highest BCUT2D eigenvalue weighted by Crippen LogP contribution is 2.36. The maximum atomic E-state index is 12.3. The molecule has 3 N–H and O–H groups in total. The van der Waals surface area contributed by atoms with Gasteiger partial charge in [0, 0.05) is 24.7 Å². The summed E-state index contributed by atoms with van der Waals surface area (Å²) in [5.41, 5.74) is 5.52. The molecule has 0 aromatic carbocycles. The Kier molecular flexibility index (Phi) is 3.77. The summed E-state index contributed by atoms with van der Waals surface area (Å²) in [6, 6.07) is 0.158. The maximum Gasteiger partial charge on any atom is 0.280 e. The van der Waals surface area contributed by atoms with Crippen LogP contribution in [-0.4, -0.2) is 37.4 Å². The van der Waals surface area contributed by atoms with Gasteiger partial charge in [-0.2, -0.15) is 17.4 Å². The number of nitrogens with two attached hydrogens (primary N) is 1. The van der Waals surface area contributed by atoms with Gasteiger partial charge in [0.05, 0.1) is 0 Å². The van der Waals surface area contributed by atoms with Crippen LogP contribution in [0.25, 0.3) is 0 Å². The van der Waals surface area contributed by atoms with Gasteiger partial charge in [-0.15, -0.1) is 0 Å². The van der Waals surface area contributed by atoms with E-state index >= 15 is 0 Å². The number of rotatable bonds is 6. The monoisotopic (exact) mass is 261 g/mol. The lowest BCUT2D eigenvalue weighted by atomic mass is 9.98. The van der Waals surface area contributed by atoms with Crippen LogP contribution in [0.4, 0.5) is 0 Å². The van der Waals surface area contributed by atoms with Crippen molar-refractivity contribution in [3.8, 4) is 0 Å². The first-order chi connectivity index (χ1) is 8.04. The van der Waals surface area contributed by atoms with Gasteiger partial charge in [0.25, 0.3) is 10.2 Å². The lowest BCUT2D eigenvalue weighted by Crippen LogP contribution is -2.57. The van der Waals surface area contributed by atoms with Crippen molar-refractivity contribution in [3.63, 3.8) is 0 Å². The molecular formula is C11H23N3O2S. The molecule has 17 heavy (non-hydrogen) atoms. The third-order valence-electron chi connectivity index (χ3n) is 3.91. The van der Waals surface area contributed by atoms with E-state index in [4.69, 9.17) is 5.73 Å². The van der Waals surface area contributed by atoms with E-state index in [1.165, 1.54) is 0 Å². The predicted octanol–water partition coefficient (Wildman–Crippen LogP) is 0.577. The maximum absolute atomic E-state index is 12.3. The number of nitrogens with zero attached hydrogens (tertiary/aromatic N) is 1. The van der Waals surface area contributed by atoms with E-state index in [2.05, 4.69) is 4.72 Å². The van der Waals surface area contributed by atoms with Gasteiger partial charge in [0.1, 0.15) is 0 Å². The smallest absolute Gasteiger partial charge is 0.280 e. The van der Waals surface area contributed by atoms with Crippen LogP contribution in [0.5, 0.6) is 0 Å². The van der Waals surface area contributed by atoms with E-state index in [9.17, 15) is 8.42 Å². The second-order valence-electron chi connectivity index (χ2n) is 5.20. The van der Waals surface area contributed by atoms with Crippen molar-refractivity contribution in [2.75, 3.05) is 13.1 Å². The number of hydrogen-bond acceptors (Lipinski definition) is 3. The van der Waals surface area contributed by atoms with Crippen molar-refractivity contribution < 1.29 is 8.42 Å².